The first-order chi connectivity index (χ1) is 19.7. The molecule has 0 aliphatic carbocycles. The highest BCUT2D eigenvalue weighted by molar-refractivity contribution is 7.58. The van der Waals surface area contributed by atoms with Crippen molar-refractivity contribution in [3.8, 4) is 0 Å². The third-order valence-corrected chi connectivity index (χ3v) is 12.2. The Hall–Kier alpha value is -2.30. The van der Waals surface area contributed by atoms with Gasteiger partial charge in [0.05, 0.1) is 33.4 Å². The van der Waals surface area contributed by atoms with Gasteiger partial charge in [0, 0.05) is 46.6 Å². The van der Waals surface area contributed by atoms with Crippen molar-refractivity contribution in [2.24, 2.45) is 0 Å². The molecule has 5 aromatic rings. The van der Waals surface area contributed by atoms with Crippen molar-refractivity contribution in [3.63, 3.8) is 0 Å². The number of rotatable bonds is 2. The van der Waals surface area contributed by atoms with E-state index in [1.54, 1.807) is 0 Å². The molecule has 2 fully saturated rings. The quantitative estimate of drug-likeness (QED) is 0.149. The monoisotopic (exact) mass is 600 g/mol. The van der Waals surface area contributed by atoms with Gasteiger partial charge in [0.15, 0.2) is 0 Å². The molecule has 0 bridgehead atoms. The number of pyridine rings is 2. The summed E-state index contributed by atoms with van der Waals surface area (Å²) in [6.07, 6.45) is 5.31. The zero-order valence-electron chi connectivity index (χ0n) is 25.6. The Kier molecular flexibility index (Phi) is 6.51. The van der Waals surface area contributed by atoms with Crippen LogP contribution in [0.2, 0.25) is 0 Å². The van der Waals surface area contributed by atoms with E-state index in [0.29, 0.717) is 0 Å². The normalized spacial score (nSPS) is 22.3. The Morgan fingerprint density at radius 1 is 0.524 bits per heavy atom. The summed E-state index contributed by atoms with van der Waals surface area (Å²) in [4.78, 5) is 9.50. The summed E-state index contributed by atoms with van der Waals surface area (Å²) in [5.74, 6) is 0. The van der Waals surface area contributed by atoms with E-state index >= 15 is 0 Å². The number of fused-ring (bicyclic) bond motifs is 4. The smallest absolute Gasteiger partial charge is 0.207 e. The highest BCUT2D eigenvalue weighted by Crippen LogP contribution is 2.58. The molecule has 2 aliphatic heterocycles. The van der Waals surface area contributed by atoms with E-state index < -0.39 is 16.8 Å². The Morgan fingerprint density at radius 2 is 0.857 bits per heavy atom. The number of aromatic nitrogens is 2. The van der Waals surface area contributed by atoms with Crippen molar-refractivity contribution >= 4 is 70.7 Å². The Morgan fingerprint density at radius 3 is 1.21 bits per heavy atom. The molecule has 4 heterocycles. The van der Waals surface area contributed by atoms with Crippen molar-refractivity contribution < 1.29 is 18.1 Å². The van der Waals surface area contributed by atoms with Gasteiger partial charge < -0.3 is 18.1 Å². The summed E-state index contributed by atoms with van der Waals surface area (Å²) >= 11 is 0. The van der Waals surface area contributed by atoms with Crippen LogP contribution in [0, 0.1) is 0 Å². The highest BCUT2D eigenvalue weighted by Gasteiger charge is 2.45. The highest BCUT2D eigenvalue weighted by atomic mass is 31.2. The average Bonchev–Trinajstić information content (AvgIpc) is 2.85. The van der Waals surface area contributed by atoms with E-state index in [2.05, 4.69) is 91.8 Å². The minimum absolute atomic E-state index is 0.338. The molecule has 42 heavy (non-hydrogen) atoms. The predicted molar refractivity (Wildman–Crippen MR) is 175 cm³/mol. The topological polar surface area (TPSA) is 62.7 Å². The van der Waals surface area contributed by atoms with E-state index in [1.807, 2.05) is 24.5 Å². The molecule has 0 spiro atoms. The third kappa shape index (κ3) is 5.11. The fourth-order valence-electron chi connectivity index (χ4n) is 7.01. The van der Waals surface area contributed by atoms with Crippen LogP contribution in [-0.4, -0.2) is 32.4 Å². The lowest BCUT2D eigenvalue weighted by atomic mass is 9.93. The maximum absolute atomic E-state index is 6.84. The lowest BCUT2D eigenvalue weighted by Crippen LogP contribution is -2.43. The van der Waals surface area contributed by atoms with Crippen LogP contribution >= 0.6 is 16.8 Å². The Balaban J connectivity index is 1.64. The summed E-state index contributed by atoms with van der Waals surface area (Å²) < 4.78 is 27.3. The fourth-order valence-corrected chi connectivity index (χ4v) is 11.0. The minimum Gasteiger partial charge on any atom is -0.324 e. The van der Waals surface area contributed by atoms with Crippen LogP contribution < -0.4 is 10.6 Å². The van der Waals surface area contributed by atoms with Crippen molar-refractivity contribution in [1.82, 2.24) is 9.97 Å². The van der Waals surface area contributed by atoms with Gasteiger partial charge in [-0.1, -0.05) is 12.1 Å². The standard InChI is InChI=1S/C34H38N2O4P2/c1-31(2)19-32(3,4)38-41(37-31)29-23-15-21-11-9-13-35-27(21)17-25(23)30(42-39-33(5,6)20-34(7,8)40-42)26-18-28-22(16-24(26)29)12-10-14-36-28/h9-18H,19-20H2,1-8H3. The number of nitrogens with zero attached hydrogens (tertiary/aromatic N) is 2. The van der Waals surface area contributed by atoms with Crippen LogP contribution in [0.25, 0.3) is 43.4 Å². The molecule has 2 aromatic heterocycles. The molecule has 2 saturated heterocycles. The minimum atomic E-state index is -1.45. The van der Waals surface area contributed by atoms with Crippen LogP contribution in [0.3, 0.4) is 0 Å². The van der Waals surface area contributed by atoms with Crippen molar-refractivity contribution in [2.75, 3.05) is 0 Å². The van der Waals surface area contributed by atoms with Gasteiger partial charge >= 0.3 is 0 Å². The fraction of sp³-hybridized carbons (Fsp3) is 0.412. The van der Waals surface area contributed by atoms with Crippen LogP contribution in [0.5, 0.6) is 0 Å². The predicted octanol–water partition coefficient (Wildman–Crippen LogP) is 8.95. The summed E-state index contributed by atoms with van der Waals surface area (Å²) in [6, 6.07) is 17.1. The lowest BCUT2D eigenvalue weighted by Gasteiger charge is -2.45. The van der Waals surface area contributed by atoms with Gasteiger partial charge in [0.2, 0.25) is 16.8 Å². The molecule has 218 valence electrons. The number of hydrogen-bond donors (Lipinski definition) is 0. The van der Waals surface area contributed by atoms with Gasteiger partial charge in [-0.3, -0.25) is 9.97 Å². The molecule has 0 atom stereocenters. The molecule has 0 amide bonds. The molecule has 0 N–H and O–H groups in total. The number of benzene rings is 3. The largest absolute Gasteiger partial charge is 0.324 e. The van der Waals surface area contributed by atoms with Crippen molar-refractivity contribution in [1.29, 1.82) is 0 Å². The molecule has 8 heteroatoms. The van der Waals surface area contributed by atoms with Gasteiger partial charge in [-0.15, -0.1) is 0 Å². The van der Waals surface area contributed by atoms with E-state index in [9.17, 15) is 0 Å². The molecule has 3 aromatic carbocycles. The maximum atomic E-state index is 6.84. The molecule has 2 aliphatic rings. The van der Waals surface area contributed by atoms with Crippen molar-refractivity contribution in [2.45, 2.75) is 90.6 Å². The molecule has 0 saturated carbocycles. The average molecular weight is 601 g/mol. The Labute approximate surface area is 249 Å². The summed E-state index contributed by atoms with van der Waals surface area (Å²) in [6.45, 7) is 17.3. The second-order valence-corrected chi connectivity index (χ2v) is 16.8. The SMILES string of the molecule is CC1(C)CC(C)(C)OP(c2c3cc4cccnc4cc3c(P3OC(C)(C)CC(C)(C)O3)c3cc4ncccc4cc23)O1. The Bertz CT molecular complexity index is 1620. The third-order valence-electron chi connectivity index (χ3n) is 7.89. The summed E-state index contributed by atoms with van der Waals surface area (Å²) in [7, 11) is -2.89. The van der Waals surface area contributed by atoms with Gasteiger partial charge in [0.25, 0.3) is 0 Å². The van der Waals surface area contributed by atoms with Gasteiger partial charge in [-0.05, 0) is 113 Å². The second kappa shape index (κ2) is 9.60. The molecule has 0 radical (unpaired) electrons. The van der Waals surface area contributed by atoms with Crippen molar-refractivity contribution in [3.05, 3.63) is 60.9 Å². The van der Waals surface area contributed by atoms with Crippen LogP contribution in [0.1, 0.15) is 68.2 Å². The first-order valence-corrected chi connectivity index (χ1v) is 16.9. The molecular formula is C34H38N2O4P2. The van der Waals surface area contributed by atoms with Crippen LogP contribution in [-0.2, 0) is 18.1 Å². The van der Waals surface area contributed by atoms with Gasteiger partial charge in [-0.25, -0.2) is 0 Å². The summed E-state index contributed by atoms with van der Waals surface area (Å²) in [5.41, 5.74) is 0.496. The van der Waals surface area contributed by atoms with E-state index in [1.165, 1.54) is 0 Å². The van der Waals surface area contributed by atoms with E-state index in [0.717, 1.165) is 66.8 Å². The molecule has 6 nitrogen and oxygen atoms in total. The van der Waals surface area contributed by atoms with E-state index in [-0.39, 0.29) is 22.4 Å². The van der Waals surface area contributed by atoms with E-state index in [4.69, 9.17) is 28.1 Å². The maximum Gasteiger partial charge on any atom is 0.207 e. The summed E-state index contributed by atoms with van der Waals surface area (Å²) in [5, 5.41) is 8.61. The first-order valence-electron chi connectivity index (χ1n) is 14.6. The molecule has 7 rings (SSSR count). The second-order valence-electron chi connectivity index (χ2n) is 14.2. The van der Waals surface area contributed by atoms with Crippen LogP contribution in [0.15, 0.2) is 60.9 Å². The molecular weight excluding hydrogens is 562 g/mol. The zero-order valence-corrected chi connectivity index (χ0v) is 27.4. The van der Waals surface area contributed by atoms with Gasteiger partial charge in [-0.2, -0.15) is 0 Å². The lowest BCUT2D eigenvalue weighted by molar-refractivity contribution is -0.0430. The molecule has 0 unspecified atom stereocenters. The first kappa shape index (κ1) is 28.5. The zero-order chi connectivity index (χ0) is 29.7. The van der Waals surface area contributed by atoms with Crippen LogP contribution in [0.4, 0.5) is 0 Å². The number of hydrogen-bond acceptors (Lipinski definition) is 6. The van der Waals surface area contributed by atoms with Gasteiger partial charge in [0.1, 0.15) is 0 Å².